The minimum atomic E-state index is -0.616. The molecule has 0 aliphatic heterocycles. The summed E-state index contributed by atoms with van der Waals surface area (Å²) < 4.78 is 5.18. The van der Waals surface area contributed by atoms with Crippen molar-refractivity contribution in [3.05, 3.63) is 92.9 Å². The van der Waals surface area contributed by atoms with Gasteiger partial charge >= 0.3 is 0 Å². The van der Waals surface area contributed by atoms with Crippen LogP contribution >= 0.6 is 0 Å². The lowest BCUT2D eigenvalue weighted by atomic mass is 9.81. The number of ketones is 2. The number of pyridine rings is 1. The first-order valence-electron chi connectivity index (χ1n) is 10.2. The lowest BCUT2D eigenvalue weighted by Crippen LogP contribution is -2.29. The average Bonchev–Trinajstić information content (AvgIpc) is 2.79. The van der Waals surface area contributed by atoms with E-state index in [1.807, 2.05) is 24.3 Å². The lowest BCUT2D eigenvalue weighted by Gasteiger charge is -2.24. The standard InChI is InChI=1S/C25H22N2O5/c1-14(28)15-3-7-18(8-4-15)26-24(30)21-13-20-22(27-25(21)31)11-17(12-23(20)29)16-5-9-19(32-2)10-6-16/h3-10,13,17H,11-12H2,1-2H3,(H,26,30)(H,27,31)/t17-/m1/s1. The van der Waals surface area contributed by atoms with Crippen molar-refractivity contribution in [2.45, 2.75) is 25.7 Å². The van der Waals surface area contributed by atoms with Crippen LogP contribution in [0, 0.1) is 0 Å². The van der Waals surface area contributed by atoms with Crippen LogP contribution in [0.3, 0.4) is 0 Å². The highest BCUT2D eigenvalue weighted by Crippen LogP contribution is 2.32. The summed E-state index contributed by atoms with van der Waals surface area (Å²) in [5.41, 5.74) is 2.18. The third-order valence-corrected chi connectivity index (χ3v) is 5.69. The molecule has 1 aliphatic carbocycles. The van der Waals surface area contributed by atoms with Crippen molar-refractivity contribution in [2.75, 3.05) is 12.4 Å². The van der Waals surface area contributed by atoms with Crippen LogP contribution in [-0.4, -0.2) is 29.6 Å². The minimum Gasteiger partial charge on any atom is -0.497 e. The molecule has 32 heavy (non-hydrogen) atoms. The Labute approximate surface area is 184 Å². The molecule has 1 heterocycles. The summed E-state index contributed by atoms with van der Waals surface area (Å²) in [6.07, 6.45) is 0.788. The molecule has 2 N–H and O–H groups in total. The number of amides is 1. The second-order valence-corrected chi connectivity index (χ2v) is 7.79. The van der Waals surface area contributed by atoms with Crippen LogP contribution in [0.2, 0.25) is 0 Å². The van der Waals surface area contributed by atoms with Crippen LogP contribution in [0.25, 0.3) is 0 Å². The number of methoxy groups -OCH3 is 1. The van der Waals surface area contributed by atoms with Gasteiger partial charge in [-0.1, -0.05) is 12.1 Å². The van der Waals surface area contributed by atoms with Gasteiger partial charge in [0, 0.05) is 28.9 Å². The Morgan fingerprint density at radius 3 is 2.31 bits per heavy atom. The molecule has 0 radical (unpaired) electrons. The lowest BCUT2D eigenvalue weighted by molar-refractivity contribution is 0.0961. The van der Waals surface area contributed by atoms with E-state index in [1.165, 1.54) is 13.0 Å². The minimum absolute atomic E-state index is 0.0592. The quantitative estimate of drug-likeness (QED) is 0.600. The van der Waals surface area contributed by atoms with E-state index in [4.69, 9.17) is 4.74 Å². The summed E-state index contributed by atoms with van der Waals surface area (Å²) in [4.78, 5) is 52.2. The molecule has 1 aliphatic rings. The van der Waals surface area contributed by atoms with Gasteiger partial charge in [0.05, 0.1) is 7.11 Å². The molecule has 0 spiro atoms. The first kappa shape index (κ1) is 21.2. The van der Waals surface area contributed by atoms with E-state index in [0.717, 1.165) is 11.3 Å². The summed E-state index contributed by atoms with van der Waals surface area (Å²) in [5, 5.41) is 2.64. The molecule has 1 amide bonds. The number of hydrogen-bond acceptors (Lipinski definition) is 5. The molecule has 0 saturated carbocycles. The van der Waals surface area contributed by atoms with Crippen molar-refractivity contribution < 1.29 is 19.1 Å². The Bertz CT molecular complexity index is 1260. The van der Waals surface area contributed by atoms with Crippen molar-refractivity contribution in [1.29, 1.82) is 0 Å². The fourth-order valence-corrected chi connectivity index (χ4v) is 3.90. The number of anilines is 1. The van der Waals surface area contributed by atoms with Crippen LogP contribution in [-0.2, 0) is 6.42 Å². The van der Waals surface area contributed by atoms with Crippen LogP contribution < -0.4 is 15.6 Å². The van der Waals surface area contributed by atoms with E-state index < -0.39 is 11.5 Å². The van der Waals surface area contributed by atoms with E-state index in [0.29, 0.717) is 35.3 Å². The molecule has 1 atom stereocenters. The van der Waals surface area contributed by atoms with Crippen LogP contribution in [0.1, 0.15) is 61.6 Å². The second-order valence-electron chi connectivity index (χ2n) is 7.79. The number of rotatable bonds is 5. The zero-order valence-corrected chi connectivity index (χ0v) is 17.7. The van der Waals surface area contributed by atoms with Gasteiger partial charge in [-0.05, 0) is 67.3 Å². The molecule has 0 saturated heterocycles. The molecule has 3 aromatic rings. The number of carbonyl (C=O) groups is 3. The normalized spacial score (nSPS) is 15.1. The fourth-order valence-electron chi connectivity index (χ4n) is 3.90. The Hall–Kier alpha value is -4.00. The molecule has 2 aromatic carbocycles. The Morgan fingerprint density at radius 2 is 1.69 bits per heavy atom. The van der Waals surface area contributed by atoms with Gasteiger partial charge < -0.3 is 15.0 Å². The molecule has 7 nitrogen and oxygen atoms in total. The van der Waals surface area contributed by atoms with E-state index in [9.17, 15) is 19.2 Å². The van der Waals surface area contributed by atoms with Crippen molar-refractivity contribution in [3.8, 4) is 5.75 Å². The number of nitrogens with one attached hydrogen (secondary N) is 2. The third kappa shape index (κ3) is 4.23. The summed E-state index contributed by atoms with van der Waals surface area (Å²) in [7, 11) is 1.59. The predicted octanol–water partition coefficient (Wildman–Crippen LogP) is 3.75. The highest BCUT2D eigenvalue weighted by atomic mass is 16.5. The molecule has 0 bridgehead atoms. The van der Waals surface area contributed by atoms with Crippen molar-refractivity contribution >= 4 is 23.2 Å². The first-order valence-corrected chi connectivity index (χ1v) is 10.2. The van der Waals surface area contributed by atoms with Crippen molar-refractivity contribution in [3.63, 3.8) is 0 Å². The number of benzene rings is 2. The smallest absolute Gasteiger partial charge is 0.261 e. The molecule has 4 rings (SSSR count). The highest BCUT2D eigenvalue weighted by Gasteiger charge is 2.29. The van der Waals surface area contributed by atoms with Gasteiger partial charge in [0.25, 0.3) is 11.5 Å². The topological polar surface area (TPSA) is 105 Å². The number of ether oxygens (including phenoxy) is 1. The summed E-state index contributed by atoms with van der Waals surface area (Å²) in [6.45, 7) is 1.45. The van der Waals surface area contributed by atoms with Gasteiger partial charge in [-0.15, -0.1) is 0 Å². The fraction of sp³-hybridized carbons (Fsp3) is 0.200. The number of fused-ring (bicyclic) bond motifs is 1. The first-order chi connectivity index (χ1) is 15.4. The van der Waals surface area contributed by atoms with Gasteiger partial charge in [0.1, 0.15) is 11.3 Å². The summed E-state index contributed by atoms with van der Waals surface area (Å²) in [5.74, 6) is -0.148. The van der Waals surface area contributed by atoms with Gasteiger partial charge in [0.15, 0.2) is 11.6 Å². The maximum absolute atomic E-state index is 12.8. The van der Waals surface area contributed by atoms with Crippen LogP contribution in [0.4, 0.5) is 5.69 Å². The zero-order chi connectivity index (χ0) is 22.8. The second kappa shape index (κ2) is 8.63. The van der Waals surface area contributed by atoms with Gasteiger partial charge in [0.2, 0.25) is 0 Å². The Balaban J connectivity index is 1.56. The van der Waals surface area contributed by atoms with Gasteiger partial charge in [-0.3, -0.25) is 19.2 Å². The number of Topliss-reactive ketones (excluding diaryl/α,β-unsaturated/α-hetero) is 2. The monoisotopic (exact) mass is 430 g/mol. The molecule has 162 valence electrons. The zero-order valence-electron chi connectivity index (χ0n) is 17.7. The maximum atomic E-state index is 12.8. The Kier molecular flexibility index (Phi) is 5.73. The maximum Gasteiger partial charge on any atom is 0.261 e. The predicted molar refractivity (Wildman–Crippen MR) is 120 cm³/mol. The molecule has 0 unspecified atom stereocenters. The SMILES string of the molecule is COc1ccc([C@H]2CC(=O)c3cc(C(=O)Nc4ccc(C(C)=O)cc4)c(=O)[nH]c3C2)cc1. The van der Waals surface area contributed by atoms with E-state index in [2.05, 4.69) is 10.3 Å². The molecular formula is C25H22N2O5. The number of H-pyrrole nitrogens is 1. The van der Waals surface area contributed by atoms with Gasteiger partial charge in [-0.2, -0.15) is 0 Å². The van der Waals surface area contributed by atoms with Crippen LogP contribution in [0.15, 0.2) is 59.4 Å². The molecule has 1 aromatic heterocycles. The largest absolute Gasteiger partial charge is 0.497 e. The molecular weight excluding hydrogens is 408 g/mol. The van der Waals surface area contributed by atoms with E-state index >= 15 is 0 Å². The number of aromatic amines is 1. The van der Waals surface area contributed by atoms with E-state index in [-0.39, 0.29) is 23.0 Å². The summed E-state index contributed by atoms with van der Waals surface area (Å²) in [6, 6.07) is 15.3. The Morgan fingerprint density at radius 1 is 1.00 bits per heavy atom. The third-order valence-electron chi connectivity index (χ3n) is 5.69. The van der Waals surface area contributed by atoms with Crippen molar-refractivity contribution in [1.82, 2.24) is 4.98 Å². The number of aromatic nitrogens is 1. The summed E-state index contributed by atoms with van der Waals surface area (Å²) >= 11 is 0. The highest BCUT2D eigenvalue weighted by molar-refractivity contribution is 6.07. The van der Waals surface area contributed by atoms with Crippen molar-refractivity contribution in [2.24, 2.45) is 0 Å². The molecule has 7 heteroatoms. The van der Waals surface area contributed by atoms with Gasteiger partial charge in [-0.25, -0.2) is 0 Å². The average molecular weight is 430 g/mol. The van der Waals surface area contributed by atoms with E-state index in [1.54, 1.807) is 31.4 Å². The molecule has 0 fully saturated rings. The van der Waals surface area contributed by atoms with Crippen LogP contribution in [0.5, 0.6) is 5.75 Å². The number of hydrogen-bond donors (Lipinski definition) is 2. The number of carbonyl (C=O) groups excluding carboxylic acids is 3.